The number of carbonyl (C=O) groups is 2. The molecule has 4 aliphatic heterocycles. The van der Waals surface area contributed by atoms with Crippen molar-refractivity contribution < 1.29 is 23.8 Å². The molecule has 0 unspecified atom stereocenters. The van der Waals surface area contributed by atoms with Gasteiger partial charge in [-0.25, -0.2) is 4.39 Å². The van der Waals surface area contributed by atoms with E-state index < -0.39 is 10.7 Å². The van der Waals surface area contributed by atoms with Crippen molar-refractivity contribution in [1.29, 1.82) is 0 Å². The van der Waals surface area contributed by atoms with Crippen LogP contribution in [0.2, 0.25) is 0 Å². The highest BCUT2D eigenvalue weighted by Gasteiger charge is 2.24. The molecule has 0 bridgehead atoms. The molecule has 4 fully saturated rings. The highest BCUT2D eigenvalue weighted by Crippen LogP contribution is 2.21. The highest BCUT2D eigenvalue weighted by molar-refractivity contribution is 5.79. The normalized spacial score (nSPS) is 18.5. The molecule has 0 atom stereocenters. The fourth-order valence-electron chi connectivity index (χ4n) is 5.90. The summed E-state index contributed by atoms with van der Waals surface area (Å²) in [6.07, 6.45) is 4.62. The maximum Gasteiger partial charge on any atom is 0.269 e. The lowest BCUT2D eigenvalue weighted by molar-refractivity contribution is -0.385. The molecule has 15 heteroatoms. The van der Waals surface area contributed by atoms with Gasteiger partial charge in [0.25, 0.3) is 11.4 Å². The molecule has 1 N–H and O–H groups in total. The molecule has 0 spiro atoms. The Kier molecular flexibility index (Phi) is 13.8. The number of nitro benzene ring substituents is 2. The van der Waals surface area contributed by atoms with Gasteiger partial charge in [0.15, 0.2) is 0 Å². The fraction of sp³-hybridized carbons (Fsp3) is 0.562. The van der Waals surface area contributed by atoms with Crippen LogP contribution in [-0.4, -0.2) is 133 Å². The maximum atomic E-state index is 12.2. The molecule has 0 aromatic heterocycles. The zero-order valence-corrected chi connectivity index (χ0v) is 26.8. The number of piperazine rings is 2. The quantitative estimate of drug-likeness (QED) is 0.348. The summed E-state index contributed by atoms with van der Waals surface area (Å²) in [5.41, 5.74) is 1.02. The molecule has 6 rings (SSSR count). The van der Waals surface area contributed by atoms with Gasteiger partial charge in [0, 0.05) is 108 Å². The molecule has 4 saturated heterocycles. The predicted octanol–water partition coefficient (Wildman–Crippen LogP) is 2.59. The van der Waals surface area contributed by atoms with Crippen molar-refractivity contribution in [2.45, 2.75) is 25.7 Å². The number of hydrogen-bond donors (Lipinski definition) is 1. The number of anilines is 1. The fourth-order valence-corrected chi connectivity index (χ4v) is 5.90. The average molecular weight is 657 g/mol. The highest BCUT2D eigenvalue weighted by atomic mass is 19.1. The van der Waals surface area contributed by atoms with Gasteiger partial charge < -0.3 is 20.0 Å². The topological polar surface area (TPSA) is 149 Å². The Morgan fingerprint density at radius 1 is 0.617 bits per heavy atom. The van der Waals surface area contributed by atoms with E-state index in [1.165, 1.54) is 12.8 Å². The van der Waals surface area contributed by atoms with Crippen molar-refractivity contribution in [1.82, 2.24) is 24.9 Å². The van der Waals surface area contributed by atoms with Crippen molar-refractivity contribution in [3.63, 3.8) is 0 Å². The molecule has 0 aliphatic carbocycles. The van der Waals surface area contributed by atoms with Gasteiger partial charge in [-0.2, -0.15) is 0 Å². The lowest BCUT2D eigenvalue weighted by Crippen LogP contribution is -2.49. The first-order chi connectivity index (χ1) is 22.7. The van der Waals surface area contributed by atoms with Crippen LogP contribution in [-0.2, 0) is 9.59 Å². The van der Waals surface area contributed by atoms with E-state index >= 15 is 0 Å². The van der Waals surface area contributed by atoms with Crippen molar-refractivity contribution in [2.24, 2.45) is 0 Å². The number of rotatable bonds is 7. The third-order valence-corrected chi connectivity index (χ3v) is 8.68. The lowest BCUT2D eigenvalue weighted by Gasteiger charge is -2.36. The van der Waals surface area contributed by atoms with E-state index in [0.29, 0.717) is 19.0 Å². The van der Waals surface area contributed by atoms with E-state index in [0.717, 1.165) is 121 Å². The predicted molar refractivity (Wildman–Crippen MR) is 176 cm³/mol. The van der Waals surface area contributed by atoms with Crippen molar-refractivity contribution in [3.8, 4) is 0 Å². The summed E-state index contributed by atoms with van der Waals surface area (Å²) in [6.45, 7) is 12.3. The van der Waals surface area contributed by atoms with Crippen molar-refractivity contribution in [3.05, 3.63) is 74.6 Å². The zero-order chi connectivity index (χ0) is 33.6. The first kappa shape index (κ1) is 35.6. The van der Waals surface area contributed by atoms with E-state index in [4.69, 9.17) is 0 Å². The second-order valence-electron chi connectivity index (χ2n) is 12.0. The molecule has 2 aromatic carbocycles. The van der Waals surface area contributed by atoms with Gasteiger partial charge in [0.2, 0.25) is 11.8 Å². The summed E-state index contributed by atoms with van der Waals surface area (Å²) in [7, 11) is 0. The van der Waals surface area contributed by atoms with Gasteiger partial charge in [0.05, 0.1) is 22.9 Å². The molecule has 2 aromatic rings. The Balaban J connectivity index is 0.000000177. The monoisotopic (exact) mass is 656 g/mol. The Morgan fingerprint density at radius 2 is 1.02 bits per heavy atom. The first-order valence-electron chi connectivity index (χ1n) is 16.3. The summed E-state index contributed by atoms with van der Waals surface area (Å²) in [5.74, 6) is 0.0984. The molecule has 0 radical (unpaired) electrons. The number of amides is 2. The van der Waals surface area contributed by atoms with Crippen molar-refractivity contribution in [2.75, 3.05) is 96.5 Å². The number of hydrogen-bond acceptors (Lipinski definition) is 10. The van der Waals surface area contributed by atoms with Gasteiger partial charge in [-0.05, 0) is 49.9 Å². The number of non-ortho nitro benzene ring substituents is 2. The third-order valence-electron chi connectivity index (χ3n) is 8.68. The van der Waals surface area contributed by atoms with E-state index in [1.807, 2.05) is 9.80 Å². The number of likely N-dealkylation sites (tertiary alicyclic amines) is 2. The molecule has 2 amide bonds. The maximum absolute atomic E-state index is 12.2. The van der Waals surface area contributed by atoms with E-state index in [2.05, 4.69) is 20.0 Å². The lowest BCUT2D eigenvalue weighted by atomic mass is 10.2. The van der Waals surface area contributed by atoms with Crippen LogP contribution in [0.3, 0.4) is 0 Å². The van der Waals surface area contributed by atoms with Gasteiger partial charge in [-0.1, -0.05) is 0 Å². The van der Waals surface area contributed by atoms with E-state index in [1.54, 1.807) is 24.3 Å². The van der Waals surface area contributed by atoms with Crippen LogP contribution in [0.4, 0.5) is 21.5 Å². The molecule has 14 nitrogen and oxygen atoms in total. The summed E-state index contributed by atoms with van der Waals surface area (Å²) in [4.78, 5) is 54.3. The number of nitrogens with one attached hydrogen (secondary N) is 1. The number of carbonyl (C=O) groups excluding carboxylic acids is 2. The van der Waals surface area contributed by atoms with Crippen LogP contribution in [0.25, 0.3) is 0 Å². The largest absolute Gasteiger partial charge is 0.369 e. The Bertz CT molecular complexity index is 1310. The number of halogens is 1. The average Bonchev–Trinajstić information content (AvgIpc) is 3.83. The van der Waals surface area contributed by atoms with E-state index in [9.17, 15) is 34.2 Å². The number of benzene rings is 2. The molecular formula is C32H45FN8O6. The van der Waals surface area contributed by atoms with Crippen LogP contribution in [0.1, 0.15) is 25.7 Å². The van der Waals surface area contributed by atoms with Crippen molar-refractivity contribution >= 4 is 28.9 Å². The third kappa shape index (κ3) is 11.5. The summed E-state index contributed by atoms with van der Waals surface area (Å²) in [6, 6.07) is 11.0. The van der Waals surface area contributed by atoms with E-state index in [-0.39, 0.29) is 22.2 Å². The minimum absolute atomic E-state index is 0.0959. The van der Waals surface area contributed by atoms with Crippen LogP contribution >= 0.6 is 0 Å². The van der Waals surface area contributed by atoms with Gasteiger partial charge >= 0.3 is 0 Å². The second-order valence-corrected chi connectivity index (χ2v) is 12.0. The first-order valence-corrected chi connectivity index (χ1v) is 16.3. The van der Waals surface area contributed by atoms with Gasteiger partial charge in [0.1, 0.15) is 5.82 Å². The SMILES string of the molecule is O=C(CN1CCN(c2ccc([N+](=O)[O-])cc2)CC1)N1CCCC1.O=C(CN1CCNCC1)N1CCCC1.O=[N+]([O-])c1ccc(F)cc1. The number of nitrogens with zero attached hydrogens (tertiary/aromatic N) is 7. The Hall–Kier alpha value is -4.21. The minimum Gasteiger partial charge on any atom is -0.369 e. The Morgan fingerprint density at radius 3 is 1.45 bits per heavy atom. The van der Waals surface area contributed by atoms with Crippen LogP contribution in [0.15, 0.2) is 48.5 Å². The summed E-state index contributed by atoms with van der Waals surface area (Å²) >= 11 is 0. The molecule has 4 aliphatic rings. The molecule has 47 heavy (non-hydrogen) atoms. The van der Waals surface area contributed by atoms with Gasteiger partial charge in [-0.3, -0.25) is 39.6 Å². The zero-order valence-electron chi connectivity index (χ0n) is 26.8. The second kappa shape index (κ2) is 18.2. The van der Waals surface area contributed by atoms with Crippen LogP contribution < -0.4 is 10.2 Å². The standard InChI is InChI=1S/C16H22N4O3.C10H19N3O.C6H4FNO2/c21-16(19-7-1-2-8-19)13-17-9-11-18(12-10-17)14-3-5-15(6-4-14)20(22)23;14-10(13-5-1-2-6-13)9-12-7-3-11-4-8-12;7-5-1-3-6(4-2-5)8(9)10/h3-6H,1-2,7-13H2;11H,1-9H2;1-4H. The smallest absolute Gasteiger partial charge is 0.269 e. The number of nitro groups is 2. The van der Waals surface area contributed by atoms with Crippen LogP contribution in [0.5, 0.6) is 0 Å². The van der Waals surface area contributed by atoms with Crippen LogP contribution in [0, 0.1) is 26.0 Å². The minimum atomic E-state index is -0.570. The summed E-state index contributed by atoms with van der Waals surface area (Å²) < 4.78 is 12.1. The Labute approximate surface area is 274 Å². The molecular weight excluding hydrogens is 611 g/mol. The van der Waals surface area contributed by atoms with Gasteiger partial charge in [-0.15, -0.1) is 0 Å². The molecule has 0 saturated carbocycles. The summed E-state index contributed by atoms with van der Waals surface area (Å²) in [5, 5.41) is 24.0. The molecule has 256 valence electrons. The molecule has 4 heterocycles.